The van der Waals surface area contributed by atoms with Gasteiger partial charge in [-0.15, -0.1) is 5.10 Å². The predicted octanol–water partition coefficient (Wildman–Crippen LogP) is 5.04. The van der Waals surface area contributed by atoms with Gasteiger partial charge in [-0.1, -0.05) is 24.3 Å². The van der Waals surface area contributed by atoms with Crippen molar-refractivity contribution < 1.29 is 23.1 Å². The summed E-state index contributed by atoms with van der Waals surface area (Å²) in [5, 5.41) is 8.32. The summed E-state index contributed by atoms with van der Waals surface area (Å²) in [7, 11) is 1.47. The summed E-state index contributed by atoms with van der Waals surface area (Å²) in [5.41, 5.74) is 4.95. The number of H-pyrrole nitrogens is 1. The van der Waals surface area contributed by atoms with Crippen LogP contribution in [-0.4, -0.2) is 97.9 Å². The van der Waals surface area contributed by atoms with E-state index in [1.807, 2.05) is 43.0 Å². The molecule has 14 heteroatoms. The van der Waals surface area contributed by atoms with Crippen LogP contribution in [0.2, 0.25) is 0 Å². The fourth-order valence-electron chi connectivity index (χ4n) is 6.92. The molecule has 0 aliphatic carbocycles. The lowest BCUT2D eigenvalue weighted by Gasteiger charge is -2.35. The minimum atomic E-state index is -0.490. The zero-order valence-electron chi connectivity index (χ0n) is 28.8. The van der Waals surface area contributed by atoms with Crippen LogP contribution in [0.5, 0.6) is 5.75 Å². The number of hydrogen-bond donors (Lipinski definition) is 1. The Kier molecular flexibility index (Phi) is 9.48. The van der Waals surface area contributed by atoms with Crippen molar-refractivity contribution in [1.29, 1.82) is 0 Å². The summed E-state index contributed by atoms with van der Waals surface area (Å²) in [4.78, 5) is 44.7. The van der Waals surface area contributed by atoms with E-state index in [0.717, 1.165) is 28.7 Å². The number of methoxy groups -OCH3 is 1. The van der Waals surface area contributed by atoms with Crippen molar-refractivity contribution in [2.45, 2.75) is 39.7 Å². The van der Waals surface area contributed by atoms with E-state index >= 15 is 4.39 Å². The van der Waals surface area contributed by atoms with Crippen LogP contribution in [0.4, 0.5) is 14.6 Å². The molecule has 4 aromatic heterocycles. The average molecular weight is 696 g/mol. The van der Waals surface area contributed by atoms with Crippen molar-refractivity contribution in [3.8, 4) is 16.9 Å². The number of aromatic nitrogens is 6. The van der Waals surface area contributed by atoms with E-state index in [4.69, 9.17) is 9.72 Å². The smallest absolute Gasteiger partial charge is 0.270 e. The van der Waals surface area contributed by atoms with Gasteiger partial charge in [0.15, 0.2) is 17.4 Å². The molecule has 12 nitrogen and oxygen atoms in total. The number of aromatic amines is 1. The number of amides is 2. The monoisotopic (exact) mass is 695 g/mol. The number of hydrogen-bond acceptors (Lipinski definition) is 8. The van der Waals surface area contributed by atoms with Crippen molar-refractivity contribution in [2.24, 2.45) is 0 Å². The van der Waals surface area contributed by atoms with Crippen LogP contribution >= 0.6 is 0 Å². The van der Waals surface area contributed by atoms with Crippen LogP contribution < -0.4 is 9.64 Å². The summed E-state index contributed by atoms with van der Waals surface area (Å²) in [5.74, 6) is -0.426. The number of carbonyl (C=O) groups is 2. The van der Waals surface area contributed by atoms with E-state index < -0.39 is 11.6 Å². The number of nitrogens with one attached hydrogen (secondary N) is 1. The molecule has 1 fully saturated rings. The molecule has 0 atom stereocenters. The number of rotatable bonds is 9. The van der Waals surface area contributed by atoms with Crippen LogP contribution in [-0.2, 0) is 17.8 Å². The lowest BCUT2D eigenvalue weighted by Crippen LogP contribution is -2.49. The molecule has 1 saturated heterocycles. The van der Waals surface area contributed by atoms with Gasteiger partial charge in [-0.2, -0.15) is 0 Å². The van der Waals surface area contributed by atoms with Crippen molar-refractivity contribution >= 4 is 34.1 Å². The zero-order chi connectivity index (χ0) is 35.6. The van der Waals surface area contributed by atoms with Crippen molar-refractivity contribution in [1.82, 2.24) is 39.7 Å². The summed E-state index contributed by atoms with van der Waals surface area (Å²) < 4.78 is 37.4. The third-order valence-corrected chi connectivity index (χ3v) is 9.58. The van der Waals surface area contributed by atoms with E-state index in [1.165, 1.54) is 13.2 Å². The first-order valence-corrected chi connectivity index (χ1v) is 17.1. The molecule has 2 aliphatic heterocycles. The van der Waals surface area contributed by atoms with Crippen molar-refractivity contribution in [3.63, 3.8) is 0 Å². The van der Waals surface area contributed by atoms with Gasteiger partial charge in [0.25, 0.3) is 5.91 Å². The number of nitrogens with zero attached hydrogens (tertiary/aromatic N) is 8. The first-order valence-electron chi connectivity index (χ1n) is 17.1. The lowest BCUT2D eigenvalue weighted by molar-refractivity contribution is -0.131. The highest BCUT2D eigenvalue weighted by Gasteiger charge is 2.29. The Morgan fingerprint density at radius 3 is 2.57 bits per heavy atom. The largest absolute Gasteiger partial charge is 0.493 e. The van der Waals surface area contributed by atoms with Crippen molar-refractivity contribution in [3.05, 3.63) is 89.3 Å². The molecular weight excluding hydrogens is 656 g/mol. The average Bonchev–Trinajstić information content (AvgIpc) is 3.85. The molecule has 2 aliphatic rings. The molecule has 51 heavy (non-hydrogen) atoms. The summed E-state index contributed by atoms with van der Waals surface area (Å²) >= 11 is 0. The lowest BCUT2D eigenvalue weighted by atomic mass is 9.92. The maximum atomic E-state index is 16.7. The summed E-state index contributed by atoms with van der Waals surface area (Å²) in [6.07, 6.45) is 7.92. The minimum Gasteiger partial charge on any atom is -0.493 e. The Labute approximate surface area is 293 Å². The standard InChI is InChI=1S/C37H39F2N9O3/c1-4-30-26(8-7-23(2)42-30)28-19-27(24-6-5-11-47(22-24)33(49)9-12-48-13-10-41-44-48)34(39)35-29(28)20-31(43-35)37(50)46-16-14-45(15-17-46)36-32(51-3)18-25(38)21-40-36/h6-8,10,13,18-21,43H,4-5,9,11-12,14-17,22H2,1-3H3. The third kappa shape index (κ3) is 6.77. The maximum absolute atomic E-state index is 16.7. The number of halogens is 2. The molecule has 2 amide bonds. The van der Waals surface area contributed by atoms with E-state index in [0.29, 0.717) is 80.2 Å². The van der Waals surface area contributed by atoms with E-state index in [2.05, 4.69) is 20.3 Å². The highest BCUT2D eigenvalue weighted by Crippen LogP contribution is 2.38. The molecule has 1 N–H and O–H groups in total. The van der Waals surface area contributed by atoms with Gasteiger partial charge in [0.05, 0.1) is 31.6 Å². The van der Waals surface area contributed by atoms with Crippen LogP contribution in [0.3, 0.4) is 0 Å². The zero-order valence-corrected chi connectivity index (χ0v) is 28.8. The molecule has 5 aromatic rings. The van der Waals surface area contributed by atoms with E-state index in [1.54, 1.807) is 32.9 Å². The molecule has 6 heterocycles. The number of piperazine rings is 1. The SMILES string of the molecule is CCc1nc(C)ccc1-c1cc(C2=CCCN(C(=O)CCn3ccnn3)C2)c(F)c2[nH]c(C(=O)N3CCN(c4ncc(F)cc4OC)CC3)cc12. The van der Waals surface area contributed by atoms with Gasteiger partial charge in [0.2, 0.25) is 5.91 Å². The van der Waals surface area contributed by atoms with Crippen LogP contribution in [0, 0.1) is 18.6 Å². The molecule has 0 saturated carbocycles. The van der Waals surface area contributed by atoms with Gasteiger partial charge in [-0.3, -0.25) is 19.3 Å². The van der Waals surface area contributed by atoms with Gasteiger partial charge in [-0.05, 0) is 49.1 Å². The van der Waals surface area contributed by atoms with Crippen LogP contribution in [0.25, 0.3) is 27.6 Å². The molecular formula is C37H39F2N9O3. The number of anilines is 1. The third-order valence-electron chi connectivity index (χ3n) is 9.58. The second-order valence-corrected chi connectivity index (χ2v) is 12.8. The first-order chi connectivity index (χ1) is 24.7. The summed E-state index contributed by atoms with van der Waals surface area (Å²) in [6, 6.07) is 8.78. The number of pyridine rings is 2. The highest BCUT2D eigenvalue weighted by molar-refractivity contribution is 6.05. The van der Waals surface area contributed by atoms with Gasteiger partial charge >= 0.3 is 0 Å². The molecule has 0 unspecified atom stereocenters. The maximum Gasteiger partial charge on any atom is 0.270 e. The van der Waals surface area contributed by atoms with Gasteiger partial charge in [-0.25, -0.2) is 13.8 Å². The van der Waals surface area contributed by atoms with Crippen LogP contribution in [0.1, 0.15) is 47.2 Å². The Morgan fingerprint density at radius 2 is 1.82 bits per heavy atom. The van der Waals surface area contributed by atoms with Gasteiger partial charge in [0, 0.05) is 85.9 Å². The Bertz CT molecular complexity index is 2120. The van der Waals surface area contributed by atoms with Gasteiger partial charge in [0.1, 0.15) is 11.5 Å². The predicted molar refractivity (Wildman–Crippen MR) is 188 cm³/mol. The summed E-state index contributed by atoms with van der Waals surface area (Å²) in [6.45, 7) is 6.85. The second kappa shape index (κ2) is 14.3. The van der Waals surface area contributed by atoms with Crippen LogP contribution in [0.15, 0.2) is 55.0 Å². The number of aryl methyl sites for hydroxylation is 3. The minimum absolute atomic E-state index is 0.0460. The fraction of sp³-hybridized carbons (Fsp3) is 0.351. The Balaban J connectivity index is 1.20. The van der Waals surface area contributed by atoms with E-state index in [-0.39, 0.29) is 36.0 Å². The number of ether oxygens (including phenoxy) is 1. The molecule has 7 rings (SSSR count). The highest BCUT2D eigenvalue weighted by atomic mass is 19.1. The fourth-order valence-corrected chi connectivity index (χ4v) is 6.92. The molecule has 264 valence electrons. The number of benzene rings is 1. The van der Waals surface area contributed by atoms with E-state index in [9.17, 15) is 14.0 Å². The Morgan fingerprint density at radius 1 is 1.00 bits per heavy atom. The number of fused-ring (bicyclic) bond motifs is 1. The molecule has 1 aromatic carbocycles. The topological polar surface area (TPSA) is 125 Å². The molecule has 0 bridgehead atoms. The van der Waals surface area contributed by atoms with Crippen molar-refractivity contribution in [2.75, 3.05) is 51.3 Å². The first kappa shape index (κ1) is 33.8. The van der Waals surface area contributed by atoms with Gasteiger partial charge < -0.3 is 24.4 Å². The number of carbonyl (C=O) groups excluding carboxylic acids is 2. The Hall–Kier alpha value is -5.66. The second-order valence-electron chi connectivity index (χ2n) is 12.8. The quantitative estimate of drug-likeness (QED) is 0.228. The molecule has 0 spiro atoms. The normalized spacial score (nSPS) is 15.0. The molecule has 0 radical (unpaired) electrons.